The van der Waals surface area contributed by atoms with Gasteiger partial charge in [0.2, 0.25) is 11.9 Å². The van der Waals surface area contributed by atoms with Crippen molar-refractivity contribution in [1.29, 1.82) is 0 Å². The Hall–Kier alpha value is -3.18. The summed E-state index contributed by atoms with van der Waals surface area (Å²) in [5.41, 5.74) is 1.65. The normalized spacial score (nSPS) is 19.1. The number of thiophene rings is 1. The molecule has 2 aliphatic rings. The lowest BCUT2D eigenvalue weighted by Crippen LogP contribution is -2.61. The minimum absolute atomic E-state index is 0.0137. The summed E-state index contributed by atoms with van der Waals surface area (Å²) >= 11 is 1.47. The Labute approximate surface area is 199 Å². The van der Waals surface area contributed by atoms with Crippen LogP contribution in [0, 0.1) is 18.7 Å². The molecule has 1 unspecified atom stereocenters. The van der Waals surface area contributed by atoms with E-state index in [0.717, 1.165) is 22.2 Å². The second-order valence-electron chi connectivity index (χ2n) is 8.75. The van der Waals surface area contributed by atoms with E-state index in [1.165, 1.54) is 17.4 Å². The van der Waals surface area contributed by atoms with Crippen molar-refractivity contribution in [2.24, 2.45) is 5.92 Å². The molecule has 2 atom stereocenters. The predicted molar refractivity (Wildman–Crippen MR) is 125 cm³/mol. The van der Waals surface area contributed by atoms with Crippen molar-refractivity contribution in [3.63, 3.8) is 0 Å². The number of nitrogens with zero attached hydrogens (tertiary/aromatic N) is 4. The van der Waals surface area contributed by atoms with Crippen LogP contribution in [0.4, 0.5) is 10.3 Å². The first-order chi connectivity index (χ1) is 16.4. The molecular formula is C23H25FN6O3S. The van der Waals surface area contributed by atoms with E-state index in [2.05, 4.69) is 25.6 Å². The molecule has 2 fully saturated rings. The molecule has 0 spiro atoms. The van der Waals surface area contributed by atoms with Crippen LogP contribution < -0.4 is 10.6 Å². The van der Waals surface area contributed by atoms with Crippen molar-refractivity contribution in [2.75, 3.05) is 31.6 Å². The van der Waals surface area contributed by atoms with Crippen LogP contribution >= 0.6 is 11.3 Å². The highest BCUT2D eigenvalue weighted by atomic mass is 32.1. The lowest BCUT2D eigenvalue weighted by atomic mass is 10.0. The Morgan fingerprint density at radius 2 is 2.09 bits per heavy atom. The third-order valence-corrected chi connectivity index (χ3v) is 7.13. The molecule has 3 aromatic rings. The average molecular weight is 485 g/mol. The van der Waals surface area contributed by atoms with E-state index in [1.54, 1.807) is 11.1 Å². The predicted octanol–water partition coefficient (Wildman–Crippen LogP) is 2.68. The molecule has 0 bridgehead atoms. The number of likely N-dealkylation sites (tertiary alicyclic amines) is 1. The van der Waals surface area contributed by atoms with Gasteiger partial charge in [0.05, 0.1) is 41.0 Å². The summed E-state index contributed by atoms with van der Waals surface area (Å²) in [5.74, 6) is -0.458. The van der Waals surface area contributed by atoms with Gasteiger partial charge in [-0.3, -0.25) is 14.6 Å². The Morgan fingerprint density at radius 1 is 1.26 bits per heavy atom. The van der Waals surface area contributed by atoms with Crippen molar-refractivity contribution in [1.82, 2.24) is 25.2 Å². The van der Waals surface area contributed by atoms with E-state index >= 15 is 0 Å². The fourth-order valence-corrected chi connectivity index (χ4v) is 5.08. The number of hydrogen-bond donors (Lipinski definition) is 2. The van der Waals surface area contributed by atoms with Gasteiger partial charge in [-0.25, -0.2) is 14.4 Å². The molecule has 11 heteroatoms. The molecule has 0 radical (unpaired) electrons. The van der Waals surface area contributed by atoms with Crippen LogP contribution in [0.15, 0.2) is 24.5 Å². The number of pyridine rings is 1. The highest BCUT2D eigenvalue weighted by Gasteiger charge is 2.36. The first kappa shape index (κ1) is 22.6. The van der Waals surface area contributed by atoms with Gasteiger partial charge in [-0.2, -0.15) is 0 Å². The molecule has 5 heterocycles. The number of rotatable bonds is 6. The van der Waals surface area contributed by atoms with Crippen LogP contribution in [-0.4, -0.2) is 64.0 Å². The summed E-state index contributed by atoms with van der Waals surface area (Å²) in [6.45, 7) is 5.74. The van der Waals surface area contributed by atoms with E-state index in [4.69, 9.17) is 4.74 Å². The molecule has 9 nitrogen and oxygen atoms in total. The molecular weight excluding hydrogens is 459 g/mol. The number of nitrogens with one attached hydrogen (secondary N) is 2. The standard InChI is InChI=1S/C23H25FN6O3S/c1-12-5-18-20(34-12)19(29-23(28-18)26-13(2)15-6-16(24)8-25-7-15)22(32)30-9-17(10-30)27-21(31)14-3-4-33-11-14/h5-8,13-14,17H,3-4,9-11H2,1-2H3,(H,27,31)(H,26,28,29)/t13?,14-/m0/s1. The third kappa shape index (κ3) is 4.58. The molecule has 3 aromatic heterocycles. The van der Waals surface area contributed by atoms with Crippen LogP contribution in [0.2, 0.25) is 0 Å². The summed E-state index contributed by atoms with van der Waals surface area (Å²) in [5, 5.41) is 6.16. The molecule has 0 aromatic carbocycles. The van der Waals surface area contributed by atoms with Gasteiger partial charge in [-0.15, -0.1) is 11.3 Å². The Balaban J connectivity index is 1.31. The largest absolute Gasteiger partial charge is 0.381 e. The minimum Gasteiger partial charge on any atom is -0.381 e. The Kier molecular flexibility index (Phi) is 6.13. The van der Waals surface area contributed by atoms with Crippen LogP contribution in [0.3, 0.4) is 0 Å². The summed E-state index contributed by atoms with van der Waals surface area (Å²) in [4.78, 5) is 41.3. The summed E-state index contributed by atoms with van der Waals surface area (Å²) in [6, 6.07) is 2.93. The third-order valence-electron chi connectivity index (χ3n) is 6.08. The van der Waals surface area contributed by atoms with Gasteiger partial charge < -0.3 is 20.3 Å². The molecule has 0 aliphatic carbocycles. The number of anilines is 1. The lowest BCUT2D eigenvalue weighted by Gasteiger charge is -2.39. The maximum Gasteiger partial charge on any atom is 0.274 e. The SMILES string of the molecule is Cc1cc2nc(NC(C)c3cncc(F)c3)nc(C(=O)N3CC(NC(=O)[C@H]4CCOC4)C3)c2s1. The fourth-order valence-electron chi connectivity index (χ4n) is 4.15. The molecule has 2 N–H and O–H groups in total. The molecule has 5 rings (SSSR count). The van der Waals surface area contributed by atoms with Gasteiger partial charge in [0.25, 0.3) is 5.91 Å². The molecule has 0 saturated carbocycles. The zero-order chi connectivity index (χ0) is 23.8. The van der Waals surface area contributed by atoms with Gasteiger partial charge in [0.1, 0.15) is 5.82 Å². The molecule has 2 saturated heterocycles. The van der Waals surface area contributed by atoms with Crippen molar-refractivity contribution in [3.05, 3.63) is 46.5 Å². The molecule has 2 amide bonds. The lowest BCUT2D eigenvalue weighted by molar-refractivity contribution is -0.126. The highest BCUT2D eigenvalue weighted by Crippen LogP contribution is 2.30. The van der Waals surface area contributed by atoms with Crippen LogP contribution in [0.5, 0.6) is 0 Å². The average Bonchev–Trinajstić information content (AvgIpc) is 3.44. The number of carbonyl (C=O) groups is 2. The van der Waals surface area contributed by atoms with E-state index in [1.807, 2.05) is 19.9 Å². The first-order valence-corrected chi connectivity index (χ1v) is 12.0. The van der Waals surface area contributed by atoms with Crippen LogP contribution in [0.1, 0.15) is 40.3 Å². The quantitative estimate of drug-likeness (QED) is 0.554. The summed E-state index contributed by atoms with van der Waals surface area (Å²) < 4.78 is 19.6. The Bertz CT molecular complexity index is 1240. The smallest absolute Gasteiger partial charge is 0.274 e. The maximum atomic E-state index is 13.6. The topological polar surface area (TPSA) is 109 Å². The number of aromatic nitrogens is 3. The number of fused-ring (bicyclic) bond motifs is 1. The summed E-state index contributed by atoms with van der Waals surface area (Å²) in [7, 11) is 0. The van der Waals surface area contributed by atoms with Gasteiger partial charge in [-0.05, 0) is 38.0 Å². The van der Waals surface area contributed by atoms with Crippen LogP contribution in [0.25, 0.3) is 10.2 Å². The van der Waals surface area contributed by atoms with E-state index in [-0.39, 0.29) is 35.8 Å². The first-order valence-electron chi connectivity index (χ1n) is 11.2. The summed E-state index contributed by atoms with van der Waals surface area (Å²) in [6.07, 6.45) is 3.46. The number of aryl methyl sites for hydroxylation is 1. The minimum atomic E-state index is -0.424. The highest BCUT2D eigenvalue weighted by molar-refractivity contribution is 7.19. The fraction of sp³-hybridized carbons (Fsp3) is 0.435. The molecule has 34 heavy (non-hydrogen) atoms. The number of halogens is 1. The van der Waals surface area contributed by atoms with Gasteiger partial charge in [0.15, 0.2) is 5.69 Å². The van der Waals surface area contributed by atoms with E-state index in [9.17, 15) is 14.0 Å². The van der Waals surface area contributed by atoms with Crippen molar-refractivity contribution in [3.8, 4) is 0 Å². The molecule has 178 valence electrons. The van der Waals surface area contributed by atoms with Crippen molar-refractivity contribution < 1.29 is 18.7 Å². The van der Waals surface area contributed by atoms with Gasteiger partial charge in [-0.1, -0.05) is 0 Å². The number of ether oxygens (including phenoxy) is 1. The van der Waals surface area contributed by atoms with Crippen LogP contribution in [-0.2, 0) is 9.53 Å². The van der Waals surface area contributed by atoms with Gasteiger partial charge in [0, 0.05) is 30.8 Å². The monoisotopic (exact) mass is 484 g/mol. The maximum absolute atomic E-state index is 13.6. The number of amides is 2. The van der Waals surface area contributed by atoms with Gasteiger partial charge >= 0.3 is 0 Å². The number of hydrogen-bond acceptors (Lipinski definition) is 8. The van der Waals surface area contributed by atoms with Crippen molar-refractivity contribution in [2.45, 2.75) is 32.4 Å². The Morgan fingerprint density at radius 3 is 2.82 bits per heavy atom. The van der Waals surface area contributed by atoms with E-state index < -0.39 is 5.82 Å². The molecule has 2 aliphatic heterocycles. The second-order valence-corrected chi connectivity index (χ2v) is 10.0. The zero-order valence-corrected chi connectivity index (χ0v) is 19.7. The zero-order valence-electron chi connectivity index (χ0n) is 18.9. The van der Waals surface area contributed by atoms with E-state index in [0.29, 0.717) is 43.1 Å². The second kappa shape index (κ2) is 9.22. The van der Waals surface area contributed by atoms with Crippen molar-refractivity contribution >= 4 is 39.3 Å². The number of carbonyl (C=O) groups excluding carboxylic acids is 2.